The van der Waals surface area contributed by atoms with Crippen LogP contribution in [0.25, 0.3) is 0 Å². The average Bonchev–Trinajstić information content (AvgIpc) is 3.18. The topological polar surface area (TPSA) is 124 Å². The fourth-order valence-corrected chi connectivity index (χ4v) is 12.7. The Bertz CT molecular complexity index is 1810. The summed E-state index contributed by atoms with van der Waals surface area (Å²) in [4.78, 5) is 55.1. The van der Waals surface area contributed by atoms with Crippen LogP contribution in [0.5, 0.6) is 0 Å². The molecule has 11 heteroatoms. The Morgan fingerprint density at radius 2 is 0.796 bits per heavy atom. The third-order valence-corrected chi connectivity index (χ3v) is 15.9. The molecule has 1 fully saturated rings. The molecule has 10 nitrogen and oxygen atoms in total. The first kappa shape index (κ1) is 40.1. The Hall–Kier alpha value is -5.10. The molecule has 0 amide bonds. The van der Waals surface area contributed by atoms with E-state index in [1.54, 1.807) is 121 Å². The predicted molar refractivity (Wildman–Crippen MR) is 204 cm³/mol. The van der Waals surface area contributed by atoms with Gasteiger partial charge in [-0.15, -0.1) is 0 Å². The van der Waals surface area contributed by atoms with Crippen molar-refractivity contribution in [1.29, 1.82) is 0 Å². The normalized spacial score (nSPS) is 20.0. The SMILES string of the molecule is CC(C)[Si](OC[C@H]1O[C@@H](OC(=O)c2ccccc2)[C@H](OC(=O)c2ccccc2)[C@@H](OC(=O)c2ccccc2)[C@@H]1OC(=O)c1ccccc1)(C(C)C)C(C)C. The molecule has 284 valence electrons. The first-order valence-electron chi connectivity index (χ1n) is 18.3. The molecule has 0 N–H and O–H groups in total. The maximum absolute atomic E-state index is 13.9. The summed E-state index contributed by atoms with van der Waals surface area (Å²) >= 11 is 0. The molecule has 0 spiro atoms. The average molecular weight is 753 g/mol. The van der Waals surface area contributed by atoms with Gasteiger partial charge in [0, 0.05) is 0 Å². The van der Waals surface area contributed by atoms with Crippen molar-refractivity contribution in [3.8, 4) is 0 Å². The van der Waals surface area contributed by atoms with Gasteiger partial charge in [0.2, 0.25) is 12.4 Å². The van der Waals surface area contributed by atoms with Gasteiger partial charge in [-0.05, 0) is 65.2 Å². The highest BCUT2D eigenvalue weighted by Gasteiger charge is 2.55. The molecule has 0 unspecified atom stereocenters. The smallest absolute Gasteiger partial charge is 0.340 e. The number of carbonyl (C=O) groups is 4. The first-order chi connectivity index (χ1) is 25.9. The molecule has 5 rings (SSSR count). The quantitative estimate of drug-likeness (QED) is 0.0704. The van der Waals surface area contributed by atoms with Gasteiger partial charge in [0.15, 0.2) is 20.5 Å². The van der Waals surface area contributed by atoms with Gasteiger partial charge in [-0.1, -0.05) is 114 Å². The van der Waals surface area contributed by atoms with Crippen LogP contribution in [0.3, 0.4) is 0 Å². The van der Waals surface area contributed by atoms with Crippen LogP contribution in [0.1, 0.15) is 83.0 Å². The zero-order valence-corrected chi connectivity index (χ0v) is 32.5. The standard InChI is InChI=1S/C43H48O10Si/c1-28(2)54(29(3)4,30(5)6)48-27-35-36(50-39(44)31-19-11-7-12-20-31)37(51-40(45)32-21-13-8-14-22-32)38(52-41(46)33-23-15-9-16-24-33)43(49-35)53-42(47)34-25-17-10-18-26-34/h7-26,28-30,35-38,43H,27H2,1-6H3/t35-,36-,37+,38-,43+/m1/s1. The molecule has 0 aliphatic carbocycles. The molecule has 5 atom stereocenters. The van der Waals surface area contributed by atoms with E-state index < -0.39 is 62.9 Å². The van der Waals surface area contributed by atoms with Crippen molar-refractivity contribution < 1.29 is 47.3 Å². The molecule has 1 aliphatic heterocycles. The van der Waals surface area contributed by atoms with Gasteiger partial charge in [0.1, 0.15) is 6.10 Å². The van der Waals surface area contributed by atoms with Gasteiger partial charge >= 0.3 is 23.9 Å². The minimum absolute atomic E-state index is 0.106. The van der Waals surface area contributed by atoms with Crippen molar-refractivity contribution in [3.63, 3.8) is 0 Å². The predicted octanol–water partition coefficient (Wildman–Crippen LogP) is 8.44. The number of hydrogen-bond acceptors (Lipinski definition) is 10. The molecule has 1 heterocycles. The molecular weight excluding hydrogens is 705 g/mol. The summed E-state index contributed by atoms with van der Waals surface area (Å²) in [6.07, 6.45) is -7.27. The molecule has 0 bridgehead atoms. The maximum Gasteiger partial charge on any atom is 0.340 e. The highest BCUT2D eigenvalue weighted by atomic mass is 28.4. The van der Waals surface area contributed by atoms with Crippen LogP contribution in [-0.2, 0) is 28.1 Å². The van der Waals surface area contributed by atoms with Crippen LogP contribution in [0.2, 0.25) is 16.6 Å². The zero-order chi connectivity index (χ0) is 38.8. The monoisotopic (exact) mass is 752 g/mol. The van der Waals surface area contributed by atoms with Crippen LogP contribution in [0.4, 0.5) is 0 Å². The van der Waals surface area contributed by atoms with Crippen LogP contribution < -0.4 is 0 Å². The fourth-order valence-electron chi connectivity index (χ4n) is 7.28. The highest BCUT2D eigenvalue weighted by Crippen LogP contribution is 2.43. The molecule has 1 aliphatic rings. The fraction of sp³-hybridized carbons (Fsp3) is 0.349. The Morgan fingerprint density at radius 3 is 1.15 bits per heavy atom. The lowest BCUT2D eigenvalue weighted by atomic mass is 9.97. The van der Waals surface area contributed by atoms with Crippen molar-refractivity contribution in [2.45, 2.75) is 88.9 Å². The van der Waals surface area contributed by atoms with E-state index in [0.29, 0.717) is 0 Å². The van der Waals surface area contributed by atoms with E-state index >= 15 is 0 Å². The molecule has 0 radical (unpaired) electrons. The molecule has 4 aromatic carbocycles. The third kappa shape index (κ3) is 9.33. The lowest BCUT2D eigenvalue weighted by Gasteiger charge is -2.47. The largest absolute Gasteiger partial charge is 0.452 e. The second kappa shape index (κ2) is 18.3. The zero-order valence-electron chi connectivity index (χ0n) is 31.5. The van der Waals surface area contributed by atoms with E-state index in [-0.39, 0.29) is 45.5 Å². The Morgan fingerprint density at radius 1 is 0.481 bits per heavy atom. The number of hydrogen-bond donors (Lipinski definition) is 0. The summed E-state index contributed by atoms with van der Waals surface area (Å²) in [7, 11) is -2.57. The Kier molecular flexibility index (Phi) is 13.6. The number of carbonyl (C=O) groups excluding carboxylic acids is 4. The summed E-state index contributed by atoms with van der Waals surface area (Å²) < 4.78 is 37.9. The van der Waals surface area contributed by atoms with E-state index in [2.05, 4.69) is 41.5 Å². The number of rotatable bonds is 14. The second-order valence-electron chi connectivity index (χ2n) is 14.2. The molecule has 54 heavy (non-hydrogen) atoms. The van der Waals surface area contributed by atoms with Crippen molar-refractivity contribution in [1.82, 2.24) is 0 Å². The lowest BCUT2D eigenvalue weighted by molar-refractivity contribution is -0.282. The van der Waals surface area contributed by atoms with E-state index in [1.165, 1.54) is 0 Å². The Labute approximate surface area is 317 Å². The molecular formula is C43H48O10Si. The lowest BCUT2D eigenvalue weighted by Crippen LogP contribution is -2.64. The van der Waals surface area contributed by atoms with Gasteiger partial charge in [-0.3, -0.25) is 0 Å². The van der Waals surface area contributed by atoms with Gasteiger partial charge in [0.25, 0.3) is 0 Å². The summed E-state index contributed by atoms with van der Waals surface area (Å²) in [6, 6.07) is 33.0. The van der Waals surface area contributed by atoms with E-state index in [4.69, 9.17) is 28.1 Å². The van der Waals surface area contributed by atoms with Crippen LogP contribution in [-0.4, -0.2) is 69.5 Å². The van der Waals surface area contributed by atoms with Gasteiger partial charge in [-0.2, -0.15) is 0 Å². The van der Waals surface area contributed by atoms with Crippen molar-refractivity contribution in [2.75, 3.05) is 6.61 Å². The van der Waals surface area contributed by atoms with E-state index in [9.17, 15) is 19.2 Å². The maximum atomic E-state index is 13.9. The molecule has 4 aromatic rings. The van der Waals surface area contributed by atoms with Gasteiger partial charge in [0.05, 0.1) is 28.9 Å². The second-order valence-corrected chi connectivity index (χ2v) is 19.6. The van der Waals surface area contributed by atoms with Crippen LogP contribution in [0.15, 0.2) is 121 Å². The summed E-state index contributed by atoms with van der Waals surface area (Å²) in [6.45, 7) is 12.7. The van der Waals surface area contributed by atoms with E-state index in [1.807, 2.05) is 0 Å². The van der Waals surface area contributed by atoms with E-state index in [0.717, 1.165) is 0 Å². The first-order valence-corrected chi connectivity index (χ1v) is 20.4. The number of benzene rings is 4. The minimum atomic E-state index is -2.57. The van der Waals surface area contributed by atoms with Crippen molar-refractivity contribution in [2.24, 2.45) is 0 Å². The van der Waals surface area contributed by atoms with Gasteiger partial charge in [-0.25, -0.2) is 19.2 Å². The molecule has 1 saturated heterocycles. The molecule has 0 aromatic heterocycles. The Balaban J connectivity index is 1.63. The van der Waals surface area contributed by atoms with Gasteiger partial charge < -0.3 is 28.1 Å². The molecule has 0 saturated carbocycles. The van der Waals surface area contributed by atoms with Crippen molar-refractivity contribution in [3.05, 3.63) is 144 Å². The number of ether oxygens (including phenoxy) is 5. The highest BCUT2D eigenvalue weighted by molar-refractivity contribution is 6.77. The van der Waals surface area contributed by atoms with Crippen LogP contribution >= 0.6 is 0 Å². The number of esters is 4. The van der Waals surface area contributed by atoms with Crippen LogP contribution in [0, 0.1) is 0 Å². The minimum Gasteiger partial charge on any atom is -0.452 e. The summed E-state index contributed by atoms with van der Waals surface area (Å²) in [5.41, 5.74) is 1.38. The van der Waals surface area contributed by atoms with Crippen molar-refractivity contribution >= 4 is 32.2 Å². The summed E-state index contributed by atoms with van der Waals surface area (Å²) in [5, 5.41) is 0. The summed E-state index contributed by atoms with van der Waals surface area (Å²) in [5.74, 6) is -3.10. The third-order valence-electron chi connectivity index (χ3n) is 9.79.